The zero-order valence-electron chi connectivity index (χ0n) is 18.7. The molecule has 31 heavy (non-hydrogen) atoms. The number of ketones is 1. The fraction of sp³-hybridized carbons (Fsp3) is 0.609. The number of hydrogen-bond acceptors (Lipinski definition) is 5. The number of Topliss-reactive ketones (excluding diaryl/α,β-unsaturated/α-hetero) is 1. The molecule has 2 unspecified atom stereocenters. The number of nitrogens with one attached hydrogen (secondary N) is 2. The smallest absolute Gasteiger partial charge is 0.317 e. The Morgan fingerprint density at radius 2 is 1.71 bits per heavy atom. The van der Waals surface area contributed by atoms with E-state index in [2.05, 4.69) is 15.5 Å². The standard InChI is InChI=1S/C23H36N4O4/c1-18(10-11-24-23(31)27-14-12-26(2)13-15-27)16-22(30)25-17-21(29)20(28)9-8-19-6-4-3-5-7-19/h3-7,18,20,28H,8-17H2,1-2H3,(H,24,31)(H,25,30). The van der Waals surface area contributed by atoms with Crippen LogP contribution in [0.5, 0.6) is 0 Å². The maximum absolute atomic E-state index is 12.1. The minimum atomic E-state index is -1.08. The summed E-state index contributed by atoms with van der Waals surface area (Å²) in [6.45, 7) is 5.50. The molecular formula is C23H36N4O4. The molecule has 0 aliphatic carbocycles. The van der Waals surface area contributed by atoms with E-state index in [1.807, 2.05) is 49.2 Å². The number of aliphatic hydroxyl groups is 1. The van der Waals surface area contributed by atoms with Crippen LogP contribution in [0.2, 0.25) is 0 Å². The fourth-order valence-corrected chi connectivity index (χ4v) is 3.45. The van der Waals surface area contributed by atoms with E-state index >= 15 is 0 Å². The normalized spacial score (nSPS) is 16.4. The molecule has 172 valence electrons. The zero-order chi connectivity index (χ0) is 22.6. The largest absolute Gasteiger partial charge is 0.385 e. The Morgan fingerprint density at radius 1 is 1.03 bits per heavy atom. The lowest BCUT2D eigenvalue weighted by Crippen LogP contribution is -2.50. The van der Waals surface area contributed by atoms with E-state index in [-0.39, 0.29) is 36.6 Å². The highest BCUT2D eigenvalue weighted by Gasteiger charge is 2.19. The topological polar surface area (TPSA) is 102 Å². The van der Waals surface area contributed by atoms with Crippen LogP contribution >= 0.6 is 0 Å². The van der Waals surface area contributed by atoms with Gasteiger partial charge in [-0.05, 0) is 37.8 Å². The second kappa shape index (κ2) is 13.1. The number of aryl methyl sites for hydroxylation is 1. The molecule has 0 bridgehead atoms. The molecule has 2 rings (SSSR count). The third-order valence-corrected chi connectivity index (χ3v) is 5.62. The van der Waals surface area contributed by atoms with Gasteiger partial charge in [-0.1, -0.05) is 37.3 Å². The molecule has 1 aromatic carbocycles. The van der Waals surface area contributed by atoms with E-state index in [0.29, 0.717) is 25.8 Å². The van der Waals surface area contributed by atoms with E-state index in [1.54, 1.807) is 0 Å². The van der Waals surface area contributed by atoms with E-state index in [0.717, 1.165) is 31.7 Å². The third-order valence-electron chi connectivity index (χ3n) is 5.62. The Hall–Kier alpha value is -2.45. The third kappa shape index (κ3) is 9.48. The van der Waals surface area contributed by atoms with Crippen LogP contribution in [0.4, 0.5) is 4.79 Å². The molecule has 1 saturated heterocycles. The summed E-state index contributed by atoms with van der Waals surface area (Å²) >= 11 is 0. The Balaban J connectivity index is 1.56. The molecule has 3 amide bonds. The van der Waals surface area contributed by atoms with E-state index in [9.17, 15) is 19.5 Å². The summed E-state index contributed by atoms with van der Waals surface area (Å²) in [4.78, 5) is 40.3. The van der Waals surface area contributed by atoms with Crippen molar-refractivity contribution in [3.8, 4) is 0 Å². The number of urea groups is 1. The van der Waals surface area contributed by atoms with Crippen LogP contribution in [-0.2, 0) is 16.0 Å². The number of amides is 3. The minimum Gasteiger partial charge on any atom is -0.385 e. The lowest BCUT2D eigenvalue weighted by Gasteiger charge is -2.32. The Labute approximate surface area is 185 Å². The van der Waals surface area contributed by atoms with Gasteiger partial charge in [0.25, 0.3) is 0 Å². The molecule has 8 nitrogen and oxygen atoms in total. The highest BCUT2D eigenvalue weighted by Crippen LogP contribution is 2.08. The van der Waals surface area contributed by atoms with Crippen molar-refractivity contribution in [3.05, 3.63) is 35.9 Å². The van der Waals surface area contributed by atoms with Crippen molar-refractivity contribution in [2.24, 2.45) is 5.92 Å². The van der Waals surface area contributed by atoms with Gasteiger partial charge in [-0.3, -0.25) is 9.59 Å². The summed E-state index contributed by atoms with van der Waals surface area (Å²) in [5.41, 5.74) is 1.06. The second-order valence-corrected chi connectivity index (χ2v) is 8.40. The zero-order valence-corrected chi connectivity index (χ0v) is 18.7. The molecule has 8 heteroatoms. The predicted octanol–water partition coefficient (Wildman–Crippen LogP) is 1.04. The maximum atomic E-state index is 12.1. The first kappa shape index (κ1) is 24.8. The number of aliphatic hydroxyl groups excluding tert-OH is 1. The molecule has 0 spiro atoms. The Kier molecular flexibility index (Phi) is 10.5. The van der Waals surface area contributed by atoms with Gasteiger partial charge in [0.2, 0.25) is 5.91 Å². The van der Waals surface area contributed by atoms with Gasteiger partial charge in [-0.2, -0.15) is 0 Å². The van der Waals surface area contributed by atoms with Gasteiger partial charge >= 0.3 is 6.03 Å². The SMILES string of the molecule is CC(CCNC(=O)N1CCN(C)CC1)CC(=O)NCC(=O)C(O)CCc1ccccc1. The quantitative estimate of drug-likeness (QED) is 0.485. The van der Waals surface area contributed by atoms with Crippen LogP contribution in [0.25, 0.3) is 0 Å². The summed E-state index contributed by atoms with van der Waals surface area (Å²) in [5, 5.41) is 15.5. The Morgan fingerprint density at radius 3 is 2.39 bits per heavy atom. The van der Waals surface area contributed by atoms with Gasteiger partial charge in [0, 0.05) is 39.1 Å². The summed E-state index contributed by atoms with van der Waals surface area (Å²) in [6.07, 6.45) is 0.821. The van der Waals surface area contributed by atoms with Gasteiger partial charge in [-0.15, -0.1) is 0 Å². The summed E-state index contributed by atoms with van der Waals surface area (Å²) < 4.78 is 0. The molecule has 1 aliphatic rings. The molecule has 1 fully saturated rings. The number of carbonyl (C=O) groups excluding carboxylic acids is 3. The van der Waals surface area contributed by atoms with Crippen LogP contribution < -0.4 is 10.6 Å². The lowest BCUT2D eigenvalue weighted by atomic mass is 10.0. The molecule has 0 saturated carbocycles. The number of carbonyl (C=O) groups is 3. The van der Waals surface area contributed by atoms with E-state index < -0.39 is 6.10 Å². The van der Waals surface area contributed by atoms with Gasteiger partial charge in [-0.25, -0.2) is 4.79 Å². The van der Waals surface area contributed by atoms with Gasteiger partial charge in [0.1, 0.15) is 6.10 Å². The highest BCUT2D eigenvalue weighted by molar-refractivity contribution is 5.88. The van der Waals surface area contributed by atoms with Crippen LogP contribution in [0.15, 0.2) is 30.3 Å². The molecule has 1 aliphatic heterocycles. The van der Waals surface area contributed by atoms with Gasteiger partial charge < -0.3 is 25.5 Å². The van der Waals surface area contributed by atoms with Crippen molar-refractivity contribution in [1.82, 2.24) is 20.4 Å². The molecule has 3 N–H and O–H groups in total. The Bertz CT molecular complexity index is 705. The number of nitrogens with zero attached hydrogens (tertiary/aromatic N) is 2. The number of rotatable bonds is 11. The average molecular weight is 433 g/mol. The fourth-order valence-electron chi connectivity index (χ4n) is 3.45. The summed E-state index contributed by atoms with van der Waals surface area (Å²) in [6, 6.07) is 9.61. The van der Waals surface area contributed by atoms with Crippen LogP contribution in [0.1, 0.15) is 31.7 Å². The molecular weight excluding hydrogens is 396 g/mol. The first-order valence-electron chi connectivity index (χ1n) is 11.1. The van der Waals surface area contributed by atoms with Crippen molar-refractivity contribution in [2.45, 2.75) is 38.7 Å². The van der Waals surface area contributed by atoms with Crippen molar-refractivity contribution in [2.75, 3.05) is 46.3 Å². The van der Waals surface area contributed by atoms with Crippen LogP contribution in [0, 0.1) is 5.92 Å². The minimum absolute atomic E-state index is 0.0557. The van der Waals surface area contributed by atoms with Crippen molar-refractivity contribution < 1.29 is 19.5 Å². The monoisotopic (exact) mass is 432 g/mol. The van der Waals surface area contributed by atoms with Gasteiger partial charge in [0.15, 0.2) is 5.78 Å². The molecule has 0 radical (unpaired) electrons. The number of benzene rings is 1. The number of hydrogen-bond donors (Lipinski definition) is 3. The number of piperazine rings is 1. The van der Waals surface area contributed by atoms with E-state index in [1.165, 1.54) is 0 Å². The first-order chi connectivity index (χ1) is 14.8. The summed E-state index contributed by atoms with van der Waals surface area (Å²) in [5.74, 6) is -0.524. The maximum Gasteiger partial charge on any atom is 0.317 e. The molecule has 1 aromatic rings. The second-order valence-electron chi connectivity index (χ2n) is 8.40. The summed E-state index contributed by atoms with van der Waals surface area (Å²) in [7, 11) is 2.04. The highest BCUT2D eigenvalue weighted by atomic mass is 16.3. The van der Waals surface area contributed by atoms with Crippen molar-refractivity contribution >= 4 is 17.7 Å². The predicted molar refractivity (Wildman–Crippen MR) is 120 cm³/mol. The van der Waals surface area contributed by atoms with Crippen LogP contribution in [-0.4, -0.2) is 85.0 Å². The average Bonchev–Trinajstić information content (AvgIpc) is 2.76. The van der Waals surface area contributed by atoms with Gasteiger partial charge in [0.05, 0.1) is 6.54 Å². The molecule has 1 heterocycles. The number of likely N-dealkylation sites (N-methyl/N-ethyl adjacent to an activating group) is 1. The lowest BCUT2D eigenvalue weighted by molar-refractivity contribution is -0.130. The van der Waals surface area contributed by atoms with Crippen molar-refractivity contribution in [1.29, 1.82) is 0 Å². The molecule has 2 atom stereocenters. The van der Waals surface area contributed by atoms with Crippen molar-refractivity contribution in [3.63, 3.8) is 0 Å². The van der Waals surface area contributed by atoms with E-state index in [4.69, 9.17) is 0 Å². The molecule has 0 aromatic heterocycles. The first-order valence-corrected chi connectivity index (χ1v) is 11.1. The van der Waals surface area contributed by atoms with Crippen LogP contribution in [0.3, 0.4) is 0 Å².